The number of carbonyl (C=O) groups is 1. The minimum Gasteiger partial charge on any atom is -0.502 e. The van der Waals surface area contributed by atoms with Gasteiger partial charge < -0.3 is 14.7 Å². The number of aromatic hydroxyl groups is 1. The number of carbonyl (C=O) groups excluding carboxylic acids is 1. The van der Waals surface area contributed by atoms with Crippen LogP contribution in [0.2, 0.25) is 0 Å². The van der Waals surface area contributed by atoms with Crippen molar-refractivity contribution < 1.29 is 23.4 Å². The maximum atomic E-state index is 14.2. The molecule has 1 N–H and O–H groups in total. The Morgan fingerprint density at radius 1 is 1.10 bits per heavy atom. The van der Waals surface area contributed by atoms with E-state index in [9.17, 15) is 23.5 Å². The molecule has 2 aromatic heterocycles. The third-order valence-corrected chi connectivity index (χ3v) is 9.15. The van der Waals surface area contributed by atoms with Crippen LogP contribution in [0.3, 0.4) is 0 Å². The number of nitrogens with zero attached hydrogens (tertiary/aromatic N) is 5. The number of rotatable bonds is 6. The quantitative estimate of drug-likeness (QED) is 0.346. The van der Waals surface area contributed by atoms with E-state index in [1.807, 2.05) is 49.3 Å². The largest absolute Gasteiger partial charge is 0.502 e. The van der Waals surface area contributed by atoms with Crippen LogP contribution in [0, 0.1) is 11.6 Å². The number of hydrogen-bond donors (Lipinski definition) is 1. The van der Waals surface area contributed by atoms with Crippen molar-refractivity contribution in [3.05, 3.63) is 92.9 Å². The highest BCUT2D eigenvalue weighted by Crippen LogP contribution is 2.41. The molecule has 0 unspecified atom stereocenters. The molecule has 0 radical (unpaired) electrons. The van der Waals surface area contributed by atoms with Crippen molar-refractivity contribution in [1.29, 1.82) is 0 Å². The first-order valence-corrected chi connectivity index (χ1v) is 14.6. The molecule has 9 nitrogen and oxygen atoms in total. The monoisotopic (exact) mass is 593 g/mol. The molecule has 42 heavy (non-hydrogen) atoms. The molecule has 0 atom stereocenters. The maximum absolute atomic E-state index is 14.2. The topological polar surface area (TPSA) is 101 Å². The van der Waals surface area contributed by atoms with Gasteiger partial charge in [0.2, 0.25) is 5.43 Å². The first-order chi connectivity index (χ1) is 20.2. The number of amides is 1. The molecule has 4 aromatic rings. The van der Waals surface area contributed by atoms with E-state index in [4.69, 9.17) is 4.74 Å². The minimum absolute atomic E-state index is 0.00892. The van der Waals surface area contributed by atoms with Crippen LogP contribution in [0.25, 0.3) is 10.6 Å². The number of pyridine rings is 1. The summed E-state index contributed by atoms with van der Waals surface area (Å²) in [6.07, 6.45) is 4.21. The molecule has 1 aliphatic heterocycles. The summed E-state index contributed by atoms with van der Waals surface area (Å²) >= 11 is 1.07. The lowest BCUT2D eigenvalue weighted by Gasteiger charge is -2.56. The molecule has 1 aliphatic carbocycles. The number of halogens is 2. The van der Waals surface area contributed by atoms with Gasteiger partial charge in [-0.15, -0.1) is 10.2 Å². The standard InChI is InChI=1S/C30H29F2N5O4S/c1-3-36-29(40)25-27(39)26(38)22(28-34-33-24(42-28)15-18-9-10-19(31)16-23(18)32)17-37(25)35(2)30(36)13-11-21(12-14-30)41-20-7-5-4-6-8-20/h4-10,16-17,21,39H,3,11-15H2,1-2H3. The third-order valence-electron chi connectivity index (χ3n) is 8.19. The zero-order valence-corrected chi connectivity index (χ0v) is 23.9. The fraction of sp³-hybridized carbons (Fsp3) is 0.333. The summed E-state index contributed by atoms with van der Waals surface area (Å²) < 4.78 is 35.2. The Balaban J connectivity index is 1.32. The molecule has 1 spiro atoms. The average Bonchev–Trinajstić information content (AvgIpc) is 3.45. The number of aromatic nitrogens is 3. The van der Waals surface area contributed by atoms with Crippen LogP contribution < -0.4 is 15.2 Å². The molecule has 0 bridgehead atoms. The zero-order valence-electron chi connectivity index (χ0n) is 23.1. The van der Waals surface area contributed by atoms with Crippen molar-refractivity contribution in [2.75, 3.05) is 18.6 Å². The first-order valence-electron chi connectivity index (χ1n) is 13.7. The van der Waals surface area contributed by atoms with Gasteiger partial charge in [0.15, 0.2) is 16.5 Å². The van der Waals surface area contributed by atoms with Crippen molar-refractivity contribution in [3.63, 3.8) is 0 Å². The second-order valence-corrected chi connectivity index (χ2v) is 11.6. The Bertz CT molecular complexity index is 1700. The molecule has 6 rings (SSSR count). The van der Waals surface area contributed by atoms with Gasteiger partial charge in [0.05, 0.1) is 11.7 Å². The van der Waals surface area contributed by atoms with E-state index < -0.39 is 34.4 Å². The highest BCUT2D eigenvalue weighted by Gasteiger charge is 2.51. The molecule has 3 heterocycles. The minimum atomic E-state index is -0.745. The highest BCUT2D eigenvalue weighted by atomic mass is 32.1. The molecule has 2 aromatic carbocycles. The normalized spacial score (nSPS) is 20.2. The Morgan fingerprint density at radius 3 is 2.52 bits per heavy atom. The third kappa shape index (κ3) is 4.69. The Kier molecular flexibility index (Phi) is 7.17. The Labute approximate surface area is 244 Å². The SMILES string of the molecule is CCN1C(=O)c2c(O)c(=O)c(-c3nnc(Cc4ccc(F)cc4F)s3)cn2N(C)C12CCC(Oc1ccccc1)CC2. The lowest BCUT2D eigenvalue weighted by molar-refractivity contribution is -0.00424. The Morgan fingerprint density at radius 2 is 1.83 bits per heavy atom. The van der Waals surface area contributed by atoms with Gasteiger partial charge in [0.1, 0.15) is 28.1 Å². The van der Waals surface area contributed by atoms with E-state index >= 15 is 0 Å². The summed E-state index contributed by atoms with van der Waals surface area (Å²) in [5, 5.41) is 21.8. The number of fused-ring (bicyclic) bond motifs is 1. The zero-order chi connectivity index (χ0) is 29.6. The van der Waals surface area contributed by atoms with Gasteiger partial charge in [0, 0.05) is 32.3 Å². The van der Waals surface area contributed by atoms with Gasteiger partial charge in [-0.1, -0.05) is 35.6 Å². The number of para-hydroxylation sites is 1. The van der Waals surface area contributed by atoms with Crippen molar-refractivity contribution in [2.45, 2.75) is 50.8 Å². The summed E-state index contributed by atoms with van der Waals surface area (Å²) in [7, 11) is 1.84. The van der Waals surface area contributed by atoms with Crippen LogP contribution in [0.5, 0.6) is 11.5 Å². The molecule has 0 saturated heterocycles. The maximum Gasteiger partial charge on any atom is 0.278 e. The average molecular weight is 594 g/mol. The van der Waals surface area contributed by atoms with E-state index in [1.54, 1.807) is 9.58 Å². The van der Waals surface area contributed by atoms with Crippen molar-refractivity contribution in [1.82, 2.24) is 19.8 Å². The van der Waals surface area contributed by atoms with Crippen molar-refractivity contribution in [2.24, 2.45) is 0 Å². The van der Waals surface area contributed by atoms with E-state index in [0.29, 0.717) is 37.2 Å². The summed E-state index contributed by atoms with van der Waals surface area (Å²) in [6.45, 7) is 2.27. The number of hydrogen-bond acceptors (Lipinski definition) is 8. The van der Waals surface area contributed by atoms with Gasteiger partial charge in [-0.05, 0) is 56.4 Å². The fourth-order valence-electron chi connectivity index (χ4n) is 6.03. The van der Waals surface area contributed by atoms with Crippen LogP contribution in [0.4, 0.5) is 8.78 Å². The molecule has 12 heteroatoms. The van der Waals surface area contributed by atoms with Gasteiger partial charge >= 0.3 is 0 Å². The van der Waals surface area contributed by atoms with Crippen LogP contribution in [-0.4, -0.2) is 56.1 Å². The first kappa shape index (κ1) is 27.8. The lowest BCUT2D eigenvalue weighted by atomic mass is 9.84. The fourth-order valence-corrected chi connectivity index (χ4v) is 6.90. The Hall–Kier alpha value is -4.32. The molecule has 218 valence electrons. The van der Waals surface area contributed by atoms with Crippen LogP contribution in [0.15, 0.2) is 59.5 Å². The molecule has 1 fully saturated rings. The van der Waals surface area contributed by atoms with Gasteiger partial charge in [-0.2, -0.15) is 0 Å². The predicted molar refractivity (Wildman–Crippen MR) is 153 cm³/mol. The van der Waals surface area contributed by atoms with Gasteiger partial charge in [0.25, 0.3) is 5.91 Å². The second kappa shape index (κ2) is 10.8. The summed E-state index contributed by atoms with van der Waals surface area (Å²) in [4.78, 5) is 28.8. The molecule has 1 amide bonds. The van der Waals surface area contributed by atoms with E-state index in [0.717, 1.165) is 29.2 Å². The summed E-state index contributed by atoms with van der Waals surface area (Å²) in [6, 6.07) is 12.9. The lowest BCUT2D eigenvalue weighted by Crippen LogP contribution is -2.70. The number of ether oxygens (including phenoxy) is 1. The summed E-state index contributed by atoms with van der Waals surface area (Å²) in [5.41, 5.74) is -1.24. The second-order valence-electron chi connectivity index (χ2n) is 10.5. The van der Waals surface area contributed by atoms with Crippen molar-refractivity contribution in [3.8, 4) is 22.1 Å². The molecule has 1 saturated carbocycles. The van der Waals surface area contributed by atoms with Crippen LogP contribution in [-0.2, 0) is 6.42 Å². The highest BCUT2D eigenvalue weighted by molar-refractivity contribution is 7.14. The molecular weight excluding hydrogens is 564 g/mol. The molecule has 2 aliphatic rings. The van der Waals surface area contributed by atoms with Gasteiger partial charge in [-0.25, -0.2) is 8.78 Å². The number of benzene rings is 2. The van der Waals surface area contributed by atoms with Gasteiger partial charge in [-0.3, -0.25) is 19.3 Å². The van der Waals surface area contributed by atoms with Crippen LogP contribution in [0.1, 0.15) is 53.7 Å². The van der Waals surface area contributed by atoms with Crippen LogP contribution >= 0.6 is 11.3 Å². The molecular formula is C30H29F2N5O4S. The van der Waals surface area contributed by atoms with E-state index in [2.05, 4.69) is 10.2 Å². The van der Waals surface area contributed by atoms with E-state index in [1.165, 1.54) is 12.3 Å². The van der Waals surface area contributed by atoms with E-state index in [-0.39, 0.29) is 34.4 Å². The van der Waals surface area contributed by atoms with Crippen molar-refractivity contribution >= 4 is 17.2 Å². The smallest absolute Gasteiger partial charge is 0.278 e. The predicted octanol–water partition coefficient (Wildman–Crippen LogP) is 4.70. The summed E-state index contributed by atoms with van der Waals surface area (Å²) in [5.74, 6) is -1.67.